The van der Waals surface area contributed by atoms with Crippen molar-refractivity contribution in [2.45, 2.75) is 32.1 Å². The molecule has 0 spiro atoms. The number of pyridine rings is 1. The van der Waals surface area contributed by atoms with Gasteiger partial charge in [-0.1, -0.05) is 30.4 Å². The van der Waals surface area contributed by atoms with Gasteiger partial charge in [-0.2, -0.15) is 0 Å². The van der Waals surface area contributed by atoms with Crippen LogP contribution in [0, 0.1) is 0 Å². The van der Waals surface area contributed by atoms with Crippen LogP contribution in [-0.2, 0) is 19.3 Å². The highest BCUT2D eigenvalue weighted by Gasteiger charge is 2.17. The molecule has 4 rings (SSSR count). The average molecular weight is 321 g/mol. The number of thiocarbonyl (C=S) groups is 1. The second-order valence-electron chi connectivity index (χ2n) is 6.17. The Morgan fingerprint density at radius 3 is 2.78 bits per heavy atom. The Kier molecular flexibility index (Phi) is 3.62. The van der Waals surface area contributed by atoms with Crippen molar-refractivity contribution in [2.24, 2.45) is 5.73 Å². The van der Waals surface area contributed by atoms with Gasteiger partial charge in [0.1, 0.15) is 5.65 Å². The number of rotatable bonds is 3. The highest BCUT2D eigenvalue weighted by Crippen LogP contribution is 2.30. The molecule has 0 atom stereocenters. The lowest BCUT2D eigenvalue weighted by molar-refractivity contribution is 0.686. The van der Waals surface area contributed by atoms with E-state index >= 15 is 0 Å². The maximum atomic E-state index is 5.82. The second kappa shape index (κ2) is 5.78. The minimum atomic E-state index is 0.495. The molecular formula is C19H19N3S. The molecule has 0 saturated carbocycles. The van der Waals surface area contributed by atoms with Crippen LogP contribution in [-0.4, -0.2) is 14.4 Å². The van der Waals surface area contributed by atoms with Crippen LogP contribution >= 0.6 is 12.2 Å². The molecule has 3 aromatic rings. The van der Waals surface area contributed by atoms with Gasteiger partial charge in [0.2, 0.25) is 0 Å². The van der Waals surface area contributed by atoms with E-state index in [0.717, 1.165) is 17.0 Å². The summed E-state index contributed by atoms with van der Waals surface area (Å²) in [5.74, 6) is 0. The molecule has 2 aromatic heterocycles. The van der Waals surface area contributed by atoms with Crippen molar-refractivity contribution < 1.29 is 0 Å². The molecule has 0 radical (unpaired) electrons. The molecule has 0 unspecified atom stereocenters. The summed E-state index contributed by atoms with van der Waals surface area (Å²) < 4.78 is 2.09. The van der Waals surface area contributed by atoms with Gasteiger partial charge in [0.25, 0.3) is 0 Å². The molecule has 1 aliphatic carbocycles. The zero-order valence-electron chi connectivity index (χ0n) is 13.0. The zero-order valence-corrected chi connectivity index (χ0v) is 13.8. The van der Waals surface area contributed by atoms with E-state index in [-0.39, 0.29) is 0 Å². The van der Waals surface area contributed by atoms with Gasteiger partial charge >= 0.3 is 0 Å². The van der Waals surface area contributed by atoms with Crippen molar-refractivity contribution >= 4 is 22.9 Å². The predicted molar refractivity (Wildman–Crippen MR) is 97.8 cm³/mol. The fraction of sp³-hybridized carbons (Fsp3) is 0.263. The summed E-state index contributed by atoms with van der Waals surface area (Å²) in [6.45, 7) is 0. The first-order valence-corrected chi connectivity index (χ1v) is 8.49. The molecule has 0 saturated heterocycles. The molecule has 23 heavy (non-hydrogen) atoms. The molecule has 3 nitrogen and oxygen atoms in total. The van der Waals surface area contributed by atoms with Crippen molar-refractivity contribution in [1.82, 2.24) is 9.38 Å². The molecule has 116 valence electrons. The van der Waals surface area contributed by atoms with E-state index in [1.54, 1.807) is 0 Å². The van der Waals surface area contributed by atoms with E-state index < -0.39 is 0 Å². The van der Waals surface area contributed by atoms with E-state index in [0.29, 0.717) is 11.4 Å². The molecule has 0 fully saturated rings. The molecule has 0 aliphatic heterocycles. The minimum Gasteiger partial charge on any atom is -0.393 e. The molecule has 2 heterocycles. The SMILES string of the molecule is NC(=S)Cc1c(-c2ccc3c(c2)CCCC3)nc2ccccn12. The van der Waals surface area contributed by atoms with Gasteiger partial charge in [0, 0.05) is 18.2 Å². The number of aromatic nitrogens is 2. The third-order valence-electron chi connectivity index (χ3n) is 4.59. The quantitative estimate of drug-likeness (QED) is 0.748. The third kappa shape index (κ3) is 2.63. The van der Waals surface area contributed by atoms with Crippen LogP contribution in [0.1, 0.15) is 29.7 Å². The highest BCUT2D eigenvalue weighted by atomic mass is 32.1. The lowest BCUT2D eigenvalue weighted by atomic mass is 9.89. The molecule has 1 aliphatic rings. The fourth-order valence-electron chi connectivity index (χ4n) is 3.49. The Morgan fingerprint density at radius 2 is 1.96 bits per heavy atom. The van der Waals surface area contributed by atoms with Crippen LogP contribution < -0.4 is 5.73 Å². The summed E-state index contributed by atoms with van der Waals surface area (Å²) in [6.07, 6.45) is 7.53. The number of fused-ring (bicyclic) bond motifs is 2. The maximum absolute atomic E-state index is 5.82. The smallest absolute Gasteiger partial charge is 0.137 e. The summed E-state index contributed by atoms with van der Waals surface area (Å²) in [4.78, 5) is 5.33. The van der Waals surface area contributed by atoms with Crippen molar-refractivity contribution in [1.29, 1.82) is 0 Å². The van der Waals surface area contributed by atoms with Crippen molar-refractivity contribution in [2.75, 3.05) is 0 Å². The number of imidazole rings is 1. The van der Waals surface area contributed by atoms with Gasteiger partial charge in [-0.3, -0.25) is 0 Å². The summed E-state index contributed by atoms with van der Waals surface area (Å²) in [5.41, 5.74) is 12.9. The van der Waals surface area contributed by atoms with Crippen LogP contribution in [0.4, 0.5) is 0 Å². The predicted octanol–water partition coefficient (Wildman–Crippen LogP) is 3.71. The van der Waals surface area contributed by atoms with E-state index in [9.17, 15) is 0 Å². The Labute approximate surface area is 141 Å². The lowest BCUT2D eigenvalue weighted by Gasteiger charge is -2.16. The number of hydrogen-bond acceptors (Lipinski definition) is 2. The van der Waals surface area contributed by atoms with Gasteiger partial charge in [-0.15, -0.1) is 0 Å². The van der Waals surface area contributed by atoms with E-state index in [4.69, 9.17) is 22.9 Å². The first kappa shape index (κ1) is 14.4. The van der Waals surface area contributed by atoms with Crippen molar-refractivity contribution in [3.63, 3.8) is 0 Å². The van der Waals surface area contributed by atoms with Crippen LogP contribution in [0.2, 0.25) is 0 Å². The molecule has 4 heteroatoms. The molecule has 0 bridgehead atoms. The summed E-state index contributed by atoms with van der Waals surface area (Å²) in [6, 6.07) is 12.8. The van der Waals surface area contributed by atoms with Crippen molar-refractivity contribution in [3.8, 4) is 11.3 Å². The van der Waals surface area contributed by atoms with E-state index in [1.807, 2.05) is 24.4 Å². The number of nitrogens with zero attached hydrogens (tertiary/aromatic N) is 2. The van der Waals surface area contributed by atoms with Crippen LogP contribution in [0.5, 0.6) is 0 Å². The monoisotopic (exact) mass is 321 g/mol. The Balaban J connectivity index is 1.89. The van der Waals surface area contributed by atoms with Gasteiger partial charge in [-0.05, 0) is 55.0 Å². The largest absolute Gasteiger partial charge is 0.393 e. The standard InChI is InChI=1S/C19H19N3S/c20-17(23)12-16-19(21-18-7-3-4-10-22(16)18)15-9-8-13-5-1-2-6-14(13)11-15/h3-4,7-11H,1-2,5-6,12H2,(H2,20,23). The van der Waals surface area contributed by atoms with Gasteiger partial charge in [0.05, 0.1) is 16.4 Å². The average Bonchev–Trinajstić information content (AvgIpc) is 2.93. The topological polar surface area (TPSA) is 43.3 Å². The van der Waals surface area contributed by atoms with E-state index in [2.05, 4.69) is 22.6 Å². The Hall–Kier alpha value is -2.20. The van der Waals surface area contributed by atoms with Crippen LogP contribution in [0.3, 0.4) is 0 Å². The number of hydrogen-bond donors (Lipinski definition) is 1. The molecule has 0 amide bonds. The van der Waals surface area contributed by atoms with Crippen LogP contribution in [0.15, 0.2) is 42.6 Å². The molecule has 2 N–H and O–H groups in total. The number of aryl methyl sites for hydroxylation is 2. The van der Waals surface area contributed by atoms with Gasteiger partial charge in [0.15, 0.2) is 0 Å². The number of benzene rings is 1. The van der Waals surface area contributed by atoms with E-state index in [1.165, 1.54) is 42.4 Å². The lowest BCUT2D eigenvalue weighted by Crippen LogP contribution is -2.13. The maximum Gasteiger partial charge on any atom is 0.137 e. The molecular weight excluding hydrogens is 302 g/mol. The van der Waals surface area contributed by atoms with Crippen molar-refractivity contribution in [3.05, 3.63) is 59.4 Å². The summed E-state index contributed by atoms with van der Waals surface area (Å²) in [7, 11) is 0. The third-order valence-corrected chi connectivity index (χ3v) is 4.74. The van der Waals surface area contributed by atoms with Crippen LogP contribution in [0.25, 0.3) is 16.9 Å². The zero-order chi connectivity index (χ0) is 15.8. The summed E-state index contributed by atoms with van der Waals surface area (Å²) >= 11 is 5.15. The number of nitrogens with two attached hydrogens (primary N) is 1. The fourth-order valence-corrected chi connectivity index (χ4v) is 3.63. The minimum absolute atomic E-state index is 0.495. The normalized spacial score (nSPS) is 13.9. The Morgan fingerprint density at radius 1 is 1.13 bits per heavy atom. The first-order valence-electron chi connectivity index (χ1n) is 8.09. The molecule has 1 aromatic carbocycles. The van der Waals surface area contributed by atoms with Gasteiger partial charge in [-0.25, -0.2) is 4.98 Å². The highest BCUT2D eigenvalue weighted by molar-refractivity contribution is 7.80. The Bertz CT molecular complexity index is 895. The van der Waals surface area contributed by atoms with Gasteiger partial charge < -0.3 is 10.1 Å². The first-order chi connectivity index (χ1) is 11.2. The second-order valence-corrected chi connectivity index (χ2v) is 6.69. The summed E-state index contributed by atoms with van der Waals surface area (Å²) in [5, 5.41) is 0.